The van der Waals surface area contributed by atoms with Gasteiger partial charge in [0.25, 0.3) is 0 Å². The van der Waals surface area contributed by atoms with Crippen LogP contribution in [0.1, 0.15) is 43.6 Å². The molecule has 2 aromatic carbocycles. The maximum Gasteiger partial charge on any atom is 0.317 e. The molecule has 1 atom stereocenters. The molecule has 0 saturated heterocycles. The molecular formula is C22H29NO2S. The maximum atomic E-state index is 10.9. The second-order valence-electron chi connectivity index (χ2n) is 7.71. The normalized spacial score (nSPS) is 13.0. The standard InChI is InChI=1S/C22H29NO2S/c1-22(2,3)18-10-12-19(13-11-18)26-20(17-8-6-5-7-9-17)14-15-23(4)16-21(24)25/h5-13,20H,14-16H2,1-4H3,(H,24,25). The second kappa shape index (κ2) is 9.24. The Hall–Kier alpha value is -1.78. The van der Waals surface area contributed by atoms with Gasteiger partial charge in [-0.1, -0.05) is 63.2 Å². The molecule has 0 aliphatic heterocycles. The molecule has 26 heavy (non-hydrogen) atoms. The summed E-state index contributed by atoms with van der Waals surface area (Å²) in [6, 6.07) is 19.3. The van der Waals surface area contributed by atoms with Crippen LogP contribution in [0.2, 0.25) is 0 Å². The topological polar surface area (TPSA) is 40.5 Å². The molecule has 0 bridgehead atoms. The number of aliphatic carboxylic acids is 1. The predicted molar refractivity (Wildman–Crippen MR) is 110 cm³/mol. The molecule has 3 nitrogen and oxygen atoms in total. The summed E-state index contributed by atoms with van der Waals surface area (Å²) < 4.78 is 0. The molecule has 0 aromatic heterocycles. The zero-order valence-corrected chi connectivity index (χ0v) is 16.9. The van der Waals surface area contributed by atoms with Crippen LogP contribution in [0, 0.1) is 0 Å². The van der Waals surface area contributed by atoms with Crippen molar-refractivity contribution >= 4 is 17.7 Å². The molecular weight excluding hydrogens is 342 g/mol. The summed E-state index contributed by atoms with van der Waals surface area (Å²) in [7, 11) is 1.86. The highest BCUT2D eigenvalue weighted by Crippen LogP contribution is 2.38. The first-order valence-electron chi connectivity index (χ1n) is 8.98. The van der Waals surface area contributed by atoms with E-state index in [4.69, 9.17) is 5.11 Å². The van der Waals surface area contributed by atoms with E-state index >= 15 is 0 Å². The highest BCUT2D eigenvalue weighted by Gasteiger charge is 2.17. The van der Waals surface area contributed by atoms with Gasteiger partial charge in [-0.3, -0.25) is 9.69 Å². The zero-order valence-electron chi connectivity index (χ0n) is 16.1. The molecule has 140 valence electrons. The highest BCUT2D eigenvalue weighted by atomic mass is 32.2. The van der Waals surface area contributed by atoms with Gasteiger partial charge < -0.3 is 5.11 Å². The lowest BCUT2D eigenvalue weighted by Crippen LogP contribution is -2.27. The number of hydrogen-bond donors (Lipinski definition) is 1. The van der Waals surface area contributed by atoms with Crippen molar-refractivity contribution < 1.29 is 9.90 Å². The summed E-state index contributed by atoms with van der Waals surface area (Å²) in [5.41, 5.74) is 2.77. The molecule has 0 aliphatic rings. The van der Waals surface area contributed by atoms with Crippen molar-refractivity contribution in [3.8, 4) is 0 Å². The van der Waals surface area contributed by atoms with Gasteiger partial charge in [0, 0.05) is 10.1 Å². The number of hydrogen-bond acceptors (Lipinski definition) is 3. The molecule has 1 N–H and O–H groups in total. The molecule has 0 fully saturated rings. The van der Waals surface area contributed by atoms with Gasteiger partial charge in [0.1, 0.15) is 0 Å². The van der Waals surface area contributed by atoms with Gasteiger partial charge in [-0.2, -0.15) is 0 Å². The maximum absolute atomic E-state index is 10.9. The lowest BCUT2D eigenvalue weighted by Gasteiger charge is -2.22. The van der Waals surface area contributed by atoms with Crippen molar-refractivity contribution in [1.29, 1.82) is 0 Å². The lowest BCUT2D eigenvalue weighted by molar-refractivity contribution is -0.137. The van der Waals surface area contributed by atoms with Crippen LogP contribution >= 0.6 is 11.8 Å². The van der Waals surface area contributed by atoms with Crippen LogP contribution in [0.3, 0.4) is 0 Å². The van der Waals surface area contributed by atoms with E-state index < -0.39 is 5.97 Å². The Bertz CT molecular complexity index is 692. The smallest absolute Gasteiger partial charge is 0.317 e. The first-order chi connectivity index (χ1) is 12.3. The fourth-order valence-corrected chi connectivity index (χ4v) is 3.94. The average Bonchev–Trinajstić information content (AvgIpc) is 2.58. The summed E-state index contributed by atoms with van der Waals surface area (Å²) in [4.78, 5) is 14.0. The Morgan fingerprint density at radius 2 is 1.69 bits per heavy atom. The third-order valence-corrected chi connectivity index (χ3v) is 5.68. The van der Waals surface area contributed by atoms with Crippen molar-refractivity contribution in [2.24, 2.45) is 0 Å². The molecule has 0 radical (unpaired) electrons. The van der Waals surface area contributed by atoms with Crippen molar-refractivity contribution in [2.75, 3.05) is 20.1 Å². The Morgan fingerprint density at radius 1 is 1.08 bits per heavy atom. The number of carboxylic acid groups (broad SMARTS) is 1. The number of thioether (sulfide) groups is 1. The predicted octanol–water partition coefficient (Wildman–Crippen LogP) is 5.22. The fourth-order valence-electron chi connectivity index (χ4n) is 2.81. The molecule has 0 amide bonds. The highest BCUT2D eigenvalue weighted by molar-refractivity contribution is 7.99. The minimum absolute atomic E-state index is 0.0758. The van der Waals surface area contributed by atoms with Gasteiger partial charge in [-0.25, -0.2) is 0 Å². The van der Waals surface area contributed by atoms with Crippen molar-refractivity contribution in [3.05, 3.63) is 65.7 Å². The Kier molecular flexibility index (Phi) is 7.30. The summed E-state index contributed by atoms with van der Waals surface area (Å²) in [5.74, 6) is -0.783. The average molecular weight is 372 g/mol. The molecule has 0 heterocycles. The van der Waals surface area contributed by atoms with E-state index in [-0.39, 0.29) is 12.0 Å². The van der Waals surface area contributed by atoms with E-state index in [1.807, 2.05) is 29.8 Å². The van der Waals surface area contributed by atoms with Crippen LogP contribution in [0.15, 0.2) is 59.5 Å². The second-order valence-corrected chi connectivity index (χ2v) is 8.99. The Labute approximate surface area is 161 Å². The number of likely N-dealkylation sites (N-methyl/N-ethyl adjacent to an activating group) is 1. The number of carbonyl (C=O) groups is 1. The molecule has 0 saturated carbocycles. The molecule has 0 spiro atoms. The third kappa shape index (κ3) is 6.50. The minimum Gasteiger partial charge on any atom is -0.480 e. The van der Waals surface area contributed by atoms with Gasteiger partial charge in [-0.05, 0) is 48.7 Å². The van der Waals surface area contributed by atoms with Crippen LogP contribution in [0.5, 0.6) is 0 Å². The SMILES string of the molecule is CN(CCC(Sc1ccc(C(C)(C)C)cc1)c1ccccc1)CC(=O)O. The molecule has 0 aliphatic carbocycles. The zero-order chi connectivity index (χ0) is 19.2. The molecule has 2 aromatic rings. The lowest BCUT2D eigenvalue weighted by atomic mass is 9.87. The van der Waals surface area contributed by atoms with Gasteiger partial charge in [0.2, 0.25) is 0 Å². The van der Waals surface area contributed by atoms with Gasteiger partial charge in [0.05, 0.1) is 6.54 Å². The van der Waals surface area contributed by atoms with Crippen LogP contribution in [0.25, 0.3) is 0 Å². The largest absolute Gasteiger partial charge is 0.480 e. The summed E-state index contributed by atoms with van der Waals surface area (Å²) in [6.45, 7) is 7.49. The number of benzene rings is 2. The van der Waals surface area contributed by atoms with Crippen LogP contribution in [-0.4, -0.2) is 36.1 Å². The van der Waals surface area contributed by atoms with E-state index in [2.05, 4.69) is 69.3 Å². The summed E-state index contributed by atoms with van der Waals surface area (Å²) in [5, 5.41) is 9.25. The third-order valence-electron chi connectivity index (χ3n) is 4.35. The van der Waals surface area contributed by atoms with Crippen molar-refractivity contribution in [2.45, 2.75) is 42.8 Å². The number of rotatable bonds is 8. The van der Waals surface area contributed by atoms with Gasteiger partial charge in [-0.15, -0.1) is 11.8 Å². The fraction of sp³-hybridized carbons (Fsp3) is 0.409. The monoisotopic (exact) mass is 371 g/mol. The van der Waals surface area contributed by atoms with Crippen molar-refractivity contribution in [3.63, 3.8) is 0 Å². The first kappa shape index (κ1) is 20.5. The molecule has 4 heteroatoms. The number of carboxylic acids is 1. The van der Waals surface area contributed by atoms with Crippen LogP contribution in [-0.2, 0) is 10.2 Å². The van der Waals surface area contributed by atoms with Crippen LogP contribution < -0.4 is 0 Å². The van der Waals surface area contributed by atoms with Gasteiger partial charge >= 0.3 is 5.97 Å². The van der Waals surface area contributed by atoms with Crippen molar-refractivity contribution in [1.82, 2.24) is 4.90 Å². The number of nitrogens with zero attached hydrogens (tertiary/aromatic N) is 1. The minimum atomic E-state index is -0.783. The Morgan fingerprint density at radius 3 is 2.23 bits per heavy atom. The van der Waals surface area contributed by atoms with Gasteiger partial charge in [0.15, 0.2) is 0 Å². The van der Waals surface area contributed by atoms with E-state index in [0.29, 0.717) is 5.25 Å². The van der Waals surface area contributed by atoms with E-state index in [1.165, 1.54) is 16.0 Å². The van der Waals surface area contributed by atoms with E-state index in [0.717, 1.165) is 13.0 Å². The first-order valence-corrected chi connectivity index (χ1v) is 9.86. The quantitative estimate of drug-likeness (QED) is 0.646. The summed E-state index contributed by atoms with van der Waals surface area (Å²) >= 11 is 1.85. The van der Waals surface area contributed by atoms with E-state index in [1.54, 1.807) is 0 Å². The van der Waals surface area contributed by atoms with Crippen LogP contribution in [0.4, 0.5) is 0 Å². The molecule has 1 unspecified atom stereocenters. The Balaban J connectivity index is 2.10. The van der Waals surface area contributed by atoms with E-state index in [9.17, 15) is 4.79 Å². The summed E-state index contributed by atoms with van der Waals surface area (Å²) in [6.07, 6.45) is 0.902. The molecule has 2 rings (SSSR count).